The van der Waals surface area contributed by atoms with Crippen LogP contribution in [0.5, 0.6) is 0 Å². The second-order valence-electron chi connectivity index (χ2n) is 7.74. The molecule has 0 atom stereocenters. The second kappa shape index (κ2) is 6.98. The van der Waals surface area contributed by atoms with E-state index < -0.39 is 0 Å². The van der Waals surface area contributed by atoms with E-state index in [2.05, 4.69) is 27.6 Å². The highest BCUT2D eigenvalue weighted by atomic mass is 19.1. The van der Waals surface area contributed by atoms with Gasteiger partial charge in [-0.15, -0.1) is 0 Å². The molecule has 30 heavy (non-hydrogen) atoms. The van der Waals surface area contributed by atoms with Crippen molar-refractivity contribution in [2.75, 3.05) is 10.6 Å². The zero-order chi connectivity index (χ0) is 20.8. The van der Waals surface area contributed by atoms with Crippen LogP contribution in [0.4, 0.5) is 21.7 Å². The maximum absolute atomic E-state index is 13.7. The quantitative estimate of drug-likeness (QED) is 0.601. The summed E-state index contributed by atoms with van der Waals surface area (Å²) < 4.78 is 15.5. The first kappa shape index (κ1) is 18.4. The maximum Gasteiger partial charge on any atom is 0.228 e. The van der Waals surface area contributed by atoms with Crippen molar-refractivity contribution in [3.05, 3.63) is 65.3 Å². The Labute approximate surface area is 172 Å². The number of allylic oxidation sites excluding steroid dienone is 1. The Bertz CT molecular complexity index is 1220. The van der Waals surface area contributed by atoms with Crippen LogP contribution in [0.1, 0.15) is 30.4 Å². The van der Waals surface area contributed by atoms with E-state index in [0.29, 0.717) is 28.9 Å². The molecule has 0 bridgehead atoms. The molecular weight excluding hydrogens is 383 g/mol. The van der Waals surface area contributed by atoms with E-state index in [1.165, 1.54) is 12.1 Å². The van der Waals surface area contributed by atoms with E-state index in [4.69, 9.17) is 4.98 Å². The molecule has 1 aromatic carbocycles. The Kier molecular flexibility index (Phi) is 4.27. The van der Waals surface area contributed by atoms with Gasteiger partial charge in [0.25, 0.3) is 0 Å². The Hall–Kier alpha value is -3.68. The maximum atomic E-state index is 13.7. The highest BCUT2D eigenvalue weighted by Gasteiger charge is 2.24. The van der Waals surface area contributed by atoms with Crippen LogP contribution in [-0.2, 0) is 4.79 Å². The summed E-state index contributed by atoms with van der Waals surface area (Å²) in [6.45, 7) is 5.81. The van der Waals surface area contributed by atoms with Crippen molar-refractivity contribution in [1.29, 1.82) is 0 Å². The van der Waals surface area contributed by atoms with Crippen molar-refractivity contribution >= 4 is 35.0 Å². The SMILES string of the molecule is C=C1NC(=O)C/C1=C\c1cnn2c(NC3CC3)cc(Nc3cc(F)ccc3C)nc12. The standard InChI is InChI=1S/C22H21FN6O/c1-12-3-4-16(23)9-18(12)27-19-10-20(26-17-5-6-17)29-22(28-19)15(11-24-29)7-14-8-21(30)25-13(14)2/h3-4,7,9-11,17,26H,2,5-6,8H2,1H3,(H,25,30)(H,27,28)/b14-7+. The molecule has 3 N–H and O–H groups in total. The topological polar surface area (TPSA) is 83.4 Å². The minimum absolute atomic E-state index is 0.0734. The number of nitrogens with one attached hydrogen (secondary N) is 3. The molecule has 2 aromatic heterocycles. The minimum Gasteiger partial charge on any atom is -0.367 e. The van der Waals surface area contributed by atoms with E-state index >= 15 is 0 Å². The average molecular weight is 404 g/mol. The lowest BCUT2D eigenvalue weighted by atomic mass is 10.1. The van der Waals surface area contributed by atoms with Crippen LogP contribution in [0.2, 0.25) is 0 Å². The van der Waals surface area contributed by atoms with Crippen molar-refractivity contribution in [2.24, 2.45) is 0 Å². The summed E-state index contributed by atoms with van der Waals surface area (Å²) in [5.74, 6) is 1.00. The number of amides is 1. The van der Waals surface area contributed by atoms with Gasteiger partial charge in [-0.1, -0.05) is 12.6 Å². The van der Waals surface area contributed by atoms with Gasteiger partial charge in [-0.05, 0) is 49.1 Å². The van der Waals surface area contributed by atoms with Crippen LogP contribution in [0, 0.1) is 12.7 Å². The molecule has 0 radical (unpaired) electrons. The second-order valence-corrected chi connectivity index (χ2v) is 7.74. The number of carbonyl (C=O) groups excluding carboxylic acids is 1. The summed E-state index contributed by atoms with van der Waals surface area (Å²) in [5.41, 5.74) is 4.39. The van der Waals surface area contributed by atoms with Crippen LogP contribution < -0.4 is 16.0 Å². The summed E-state index contributed by atoms with van der Waals surface area (Å²) in [4.78, 5) is 16.4. The highest BCUT2D eigenvalue weighted by molar-refractivity contribution is 5.89. The third-order valence-corrected chi connectivity index (χ3v) is 5.25. The van der Waals surface area contributed by atoms with Gasteiger partial charge in [-0.2, -0.15) is 9.61 Å². The molecule has 1 amide bonds. The van der Waals surface area contributed by atoms with Crippen molar-refractivity contribution < 1.29 is 9.18 Å². The van der Waals surface area contributed by atoms with Crippen LogP contribution >= 0.6 is 0 Å². The van der Waals surface area contributed by atoms with E-state index in [-0.39, 0.29) is 18.1 Å². The molecule has 152 valence electrons. The third kappa shape index (κ3) is 3.52. The van der Waals surface area contributed by atoms with Gasteiger partial charge in [0.05, 0.1) is 12.6 Å². The Morgan fingerprint density at radius 2 is 2.17 bits per heavy atom. The average Bonchev–Trinajstić information content (AvgIpc) is 3.34. The number of halogens is 1. The number of aromatic nitrogens is 3. The summed E-state index contributed by atoms with van der Waals surface area (Å²) in [6, 6.07) is 6.90. The van der Waals surface area contributed by atoms with Crippen molar-refractivity contribution in [1.82, 2.24) is 19.9 Å². The fraction of sp³-hybridized carbons (Fsp3) is 0.227. The first-order valence-corrected chi connectivity index (χ1v) is 9.84. The van der Waals surface area contributed by atoms with Gasteiger partial charge in [0, 0.05) is 29.1 Å². The van der Waals surface area contributed by atoms with Crippen LogP contribution in [-0.4, -0.2) is 26.5 Å². The van der Waals surface area contributed by atoms with Gasteiger partial charge >= 0.3 is 0 Å². The van der Waals surface area contributed by atoms with Crippen molar-refractivity contribution in [3.8, 4) is 0 Å². The Morgan fingerprint density at radius 3 is 2.90 bits per heavy atom. The van der Waals surface area contributed by atoms with Gasteiger partial charge < -0.3 is 16.0 Å². The number of fused-ring (bicyclic) bond motifs is 1. The zero-order valence-electron chi connectivity index (χ0n) is 16.5. The van der Waals surface area contributed by atoms with Gasteiger partial charge in [0.15, 0.2) is 5.65 Å². The van der Waals surface area contributed by atoms with Crippen molar-refractivity contribution in [2.45, 2.75) is 32.2 Å². The molecule has 0 unspecified atom stereocenters. The Morgan fingerprint density at radius 1 is 1.33 bits per heavy atom. The molecule has 3 aromatic rings. The number of carbonyl (C=O) groups is 1. The van der Waals surface area contributed by atoms with E-state index in [9.17, 15) is 9.18 Å². The molecule has 3 heterocycles. The van der Waals surface area contributed by atoms with Gasteiger partial charge in [-0.25, -0.2) is 9.37 Å². The largest absolute Gasteiger partial charge is 0.367 e. The molecular formula is C22H21FN6O. The molecule has 1 saturated heterocycles. The first-order valence-electron chi connectivity index (χ1n) is 9.84. The Balaban J connectivity index is 1.59. The van der Waals surface area contributed by atoms with Crippen LogP contribution in [0.25, 0.3) is 11.7 Å². The van der Waals surface area contributed by atoms with E-state index in [1.54, 1.807) is 16.8 Å². The molecule has 5 rings (SSSR count). The van der Waals surface area contributed by atoms with Crippen LogP contribution in [0.3, 0.4) is 0 Å². The number of aryl methyl sites for hydroxylation is 1. The summed E-state index contributed by atoms with van der Waals surface area (Å²) in [6.07, 6.45) is 6.11. The van der Waals surface area contributed by atoms with E-state index in [1.807, 2.05) is 19.1 Å². The normalized spacial score (nSPS) is 17.6. The predicted molar refractivity (Wildman–Crippen MR) is 114 cm³/mol. The lowest BCUT2D eigenvalue weighted by molar-refractivity contribution is -0.118. The van der Waals surface area contributed by atoms with Gasteiger partial charge in [0.1, 0.15) is 17.5 Å². The molecule has 2 fully saturated rings. The summed E-state index contributed by atoms with van der Waals surface area (Å²) >= 11 is 0. The number of rotatable bonds is 5. The lowest BCUT2D eigenvalue weighted by Crippen LogP contribution is -2.10. The first-order chi connectivity index (χ1) is 14.5. The number of hydrogen-bond acceptors (Lipinski definition) is 5. The van der Waals surface area contributed by atoms with E-state index in [0.717, 1.165) is 35.4 Å². The fourth-order valence-corrected chi connectivity index (χ4v) is 3.45. The molecule has 8 heteroatoms. The van der Waals surface area contributed by atoms with Gasteiger partial charge in [-0.3, -0.25) is 4.79 Å². The molecule has 7 nitrogen and oxygen atoms in total. The molecule has 1 saturated carbocycles. The highest BCUT2D eigenvalue weighted by Crippen LogP contribution is 2.30. The predicted octanol–water partition coefficient (Wildman–Crippen LogP) is 3.91. The summed E-state index contributed by atoms with van der Waals surface area (Å²) in [5, 5.41) is 13.9. The third-order valence-electron chi connectivity index (χ3n) is 5.25. The number of nitrogens with zero attached hydrogens (tertiary/aromatic N) is 3. The fourth-order valence-electron chi connectivity index (χ4n) is 3.45. The smallest absolute Gasteiger partial charge is 0.228 e. The molecule has 1 aliphatic heterocycles. The zero-order valence-corrected chi connectivity index (χ0v) is 16.5. The molecule has 2 aliphatic rings. The lowest BCUT2D eigenvalue weighted by Gasteiger charge is -2.13. The molecule has 0 spiro atoms. The summed E-state index contributed by atoms with van der Waals surface area (Å²) in [7, 11) is 0. The minimum atomic E-state index is -0.313. The number of benzene rings is 1. The molecule has 1 aliphatic carbocycles. The van der Waals surface area contributed by atoms with Crippen molar-refractivity contribution in [3.63, 3.8) is 0 Å². The monoisotopic (exact) mass is 404 g/mol. The number of anilines is 3. The van der Waals surface area contributed by atoms with Gasteiger partial charge in [0.2, 0.25) is 5.91 Å². The van der Waals surface area contributed by atoms with Crippen LogP contribution in [0.15, 0.2) is 48.3 Å². The number of hydrogen-bond donors (Lipinski definition) is 3.